The van der Waals surface area contributed by atoms with E-state index in [-0.39, 0.29) is 25.2 Å². The highest BCUT2D eigenvalue weighted by Crippen LogP contribution is 2.40. The van der Waals surface area contributed by atoms with Gasteiger partial charge in [0.1, 0.15) is 0 Å². The summed E-state index contributed by atoms with van der Waals surface area (Å²) in [5, 5.41) is 11.3. The molecule has 0 bridgehead atoms. The molecule has 1 fully saturated rings. The molecule has 1 saturated carbocycles. The second kappa shape index (κ2) is 7.68. The van der Waals surface area contributed by atoms with Crippen LogP contribution in [-0.2, 0) is 16.0 Å². The zero-order valence-electron chi connectivity index (χ0n) is 13.1. The minimum absolute atomic E-state index is 0.0204. The van der Waals surface area contributed by atoms with E-state index < -0.39 is 24.0 Å². The number of halogens is 3. The number of aliphatic carboxylic acids is 1. The van der Waals surface area contributed by atoms with Gasteiger partial charge >= 0.3 is 12.1 Å². The van der Waals surface area contributed by atoms with E-state index in [1.165, 1.54) is 0 Å². The summed E-state index contributed by atoms with van der Waals surface area (Å²) < 4.78 is 38.4. The summed E-state index contributed by atoms with van der Waals surface area (Å²) in [7, 11) is 0. The SMILES string of the molecule is O=C(O)CCc1ccc(NC(=O)C2CCCC(C(F)(F)F)C2)cc1. The van der Waals surface area contributed by atoms with E-state index in [0.29, 0.717) is 24.9 Å². The Morgan fingerprint density at radius 1 is 1.17 bits per heavy atom. The number of aryl methyl sites for hydroxylation is 1. The molecule has 1 amide bonds. The van der Waals surface area contributed by atoms with Crippen molar-refractivity contribution in [3.63, 3.8) is 0 Å². The molecule has 0 spiro atoms. The van der Waals surface area contributed by atoms with E-state index in [9.17, 15) is 22.8 Å². The van der Waals surface area contributed by atoms with E-state index in [2.05, 4.69) is 5.32 Å². The lowest BCUT2D eigenvalue weighted by molar-refractivity contribution is -0.185. The fourth-order valence-electron chi connectivity index (χ4n) is 2.98. The van der Waals surface area contributed by atoms with Crippen molar-refractivity contribution in [2.45, 2.75) is 44.7 Å². The van der Waals surface area contributed by atoms with Crippen LogP contribution in [0.2, 0.25) is 0 Å². The molecular weight excluding hydrogens is 323 g/mol. The maximum absolute atomic E-state index is 12.8. The second-order valence-electron chi connectivity index (χ2n) is 6.18. The van der Waals surface area contributed by atoms with Gasteiger partial charge in [-0.25, -0.2) is 0 Å². The van der Waals surface area contributed by atoms with Crippen LogP contribution in [0.5, 0.6) is 0 Å². The van der Waals surface area contributed by atoms with Gasteiger partial charge < -0.3 is 10.4 Å². The van der Waals surface area contributed by atoms with Gasteiger partial charge in [0.05, 0.1) is 5.92 Å². The maximum Gasteiger partial charge on any atom is 0.391 e. The van der Waals surface area contributed by atoms with Gasteiger partial charge in [-0.15, -0.1) is 0 Å². The lowest BCUT2D eigenvalue weighted by atomic mass is 9.80. The smallest absolute Gasteiger partial charge is 0.391 e. The first kappa shape index (κ1) is 18.3. The summed E-state index contributed by atoms with van der Waals surface area (Å²) in [5.41, 5.74) is 1.33. The highest BCUT2D eigenvalue weighted by molar-refractivity contribution is 5.92. The number of anilines is 1. The van der Waals surface area contributed by atoms with Crippen LogP contribution in [0.3, 0.4) is 0 Å². The molecule has 0 heterocycles. The average Bonchev–Trinajstić information content (AvgIpc) is 2.53. The third-order valence-electron chi connectivity index (χ3n) is 4.36. The fraction of sp³-hybridized carbons (Fsp3) is 0.529. The van der Waals surface area contributed by atoms with Gasteiger partial charge in [-0.05, 0) is 43.4 Å². The van der Waals surface area contributed by atoms with Crippen molar-refractivity contribution >= 4 is 17.6 Å². The fourth-order valence-corrected chi connectivity index (χ4v) is 2.98. The highest BCUT2D eigenvalue weighted by Gasteiger charge is 2.43. The summed E-state index contributed by atoms with van der Waals surface area (Å²) in [6, 6.07) is 6.69. The third kappa shape index (κ3) is 5.25. The van der Waals surface area contributed by atoms with Crippen molar-refractivity contribution in [2.24, 2.45) is 11.8 Å². The molecule has 1 aromatic rings. The first-order valence-electron chi connectivity index (χ1n) is 7.94. The Kier molecular flexibility index (Phi) is 5.85. The van der Waals surface area contributed by atoms with Crippen LogP contribution in [-0.4, -0.2) is 23.2 Å². The highest BCUT2D eigenvalue weighted by atomic mass is 19.4. The molecule has 0 saturated heterocycles. The van der Waals surface area contributed by atoms with Crippen molar-refractivity contribution in [3.8, 4) is 0 Å². The van der Waals surface area contributed by atoms with Crippen LogP contribution >= 0.6 is 0 Å². The number of benzene rings is 1. The van der Waals surface area contributed by atoms with Gasteiger partial charge in [-0.1, -0.05) is 18.6 Å². The number of amides is 1. The van der Waals surface area contributed by atoms with E-state index >= 15 is 0 Å². The van der Waals surface area contributed by atoms with Crippen molar-refractivity contribution in [1.82, 2.24) is 0 Å². The van der Waals surface area contributed by atoms with Crippen LogP contribution in [0.25, 0.3) is 0 Å². The summed E-state index contributed by atoms with van der Waals surface area (Å²) in [6.07, 6.45) is -3.04. The monoisotopic (exact) mass is 343 g/mol. The molecule has 1 aliphatic rings. The predicted octanol–water partition coefficient (Wildman–Crippen LogP) is 4.01. The molecule has 1 aliphatic carbocycles. The zero-order chi connectivity index (χ0) is 17.7. The molecule has 1 aromatic carbocycles. The number of carbonyl (C=O) groups excluding carboxylic acids is 1. The molecule has 0 radical (unpaired) electrons. The topological polar surface area (TPSA) is 66.4 Å². The molecular formula is C17H20F3NO3. The number of alkyl halides is 3. The molecule has 0 aromatic heterocycles. The van der Waals surface area contributed by atoms with Gasteiger partial charge in [0, 0.05) is 18.0 Å². The summed E-state index contributed by atoms with van der Waals surface area (Å²) in [5.74, 6) is -3.30. The van der Waals surface area contributed by atoms with Crippen LogP contribution in [0.15, 0.2) is 24.3 Å². The minimum atomic E-state index is -4.25. The second-order valence-corrected chi connectivity index (χ2v) is 6.18. The first-order valence-corrected chi connectivity index (χ1v) is 7.94. The Labute approximate surface area is 138 Å². The number of hydrogen-bond acceptors (Lipinski definition) is 2. The lowest BCUT2D eigenvalue weighted by Crippen LogP contribution is -2.34. The Morgan fingerprint density at radius 2 is 1.83 bits per heavy atom. The number of hydrogen-bond donors (Lipinski definition) is 2. The molecule has 132 valence electrons. The van der Waals surface area contributed by atoms with Crippen LogP contribution < -0.4 is 5.32 Å². The summed E-state index contributed by atoms with van der Waals surface area (Å²) >= 11 is 0. The van der Waals surface area contributed by atoms with Crippen molar-refractivity contribution < 1.29 is 27.9 Å². The summed E-state index contributed by atoms with van der Waals surface area (Å²) in [6.45, 7) is 0. The van der Waals surface area contributed by atoms with Crippen molar-refractivity contribution in [2.75, 3.05) is 5.32 Å². The van der Waals surface area contributed by atoms with E-state index in [0.717, 1.165) is 5.56 Å². The normalized spacial score (nSPS) is 21.3. The van der Waals surface area contributed by atoms with Gasteiger partial charge in [0.2, 0.25) is 5.91 Å². The quantitative estimate of drug-likeness (QED) is 0.849. The van der Waals surface area contributed by atoms with E-state index in [1.807, 2.05) is 0 Å². The molecule has 7 heteroatoms. The van der Waals surface area contributed by atoms with E-state index in [1.54, 1.807) is 24.3 Å². The number of nitrogens with one attached hydrogen (secondary N) is 1. The van der Waals surface area contributed by atoms with Crippen LogP contribution in [0.1, 0.15) is 37.7 Å². The average molecular weight is 343 g/mol. The van der Waals surface area contributed by atoms with Gasteiger partial charge in [-0.3, -0.25) is 9.59 Å². The van der Waals surface area contributed by atoms with Crippen LogP contribution in [0, 0.1) is 11.8 Å². The molecule has 2 atom stereocenters. The maximum atomic E-state index is 12.8. The predicted molar refractivity (Wildman–Crippen MR) is 82.5 cm³/mol. The molecule has 2 N–H and O–H groups in total. The Morgan fingerprint density at radius 3 is 2.42 bits per heavy atom. The van der Waals surface area contributed by atoms with Crippen molar-refractivity contribution in [1.29, 1.82) is 0 Å². The van der Waals surface area contributed by atoms with Gasteiger partial charge in [0.25, 0.3) is 0 Å². The van der Waals surface area contributed by atoms with Crippen LogP contribution in [0.4, 0.5) is 18.9 Å². The van der Waals surface area contributed by atoms with Crippen molar-refractivity contribution in [3.05, 3.63) is 29.8 Å². The largest absolute Gasteiger partial charge is 0.481 e. The Balaban J connectivity index is 1.90. The van der Waals surface area contributed by atoms with Gasteiger partial charge in [0.15, 0.2) is 0 Å². The van der Waals surface area contributed by atoms with Gasteiger partial charge in [-0.2, -0.15) is 13.2 Å². The number of rotatable bonds is 5. The number of carboxylic acids is 1. The standard InChI is InChI=1S/C17H20F3NO3/c18-17(19,20)13-3-1-2-12(10-13)16(24)21-14-7-4-11(5-8-14)6-9-15(22)23/h4-5,7-8,12-13H,1-3,6,9-10H2,(H,21,24)(H,22,23). The third-order valence-corrected chi connectivity index (χ3v) is 4.36. The number of carboxylic acid groups (broad SMARTS) is 1. The molecule has 0 aliphatic heterocycles. The molecule has 24 heavy (non-hydrogen) atoms. The Hall–Kier alpha value is -2.05. The number of carbonyl (C=O) groups is 2. The molecule has 2 unspecified atom stereocenters. The molecule has 2 rings (SSSR count). The molecule has 4 nitrogen and oxygen atoms in total. The summed E-state index contributed by atoms with van der Waals surface area (Å²) in [4.78, 5) is 22.7. The first-order chi connectivity index (χ1) is 11.3. The van der Waals surface area contributed by atoms with E-state index in [4.69, 9.17) is 5.11 Å². The Bertz CT molecular complexity index is 584. The lowest BCUT2D eigenvalue weighted by Gasteiger charge is -2.29. The zero-order valence-corrected chi connectivity index (χ0v) is 13.1. The minimum Gasteiger partial charge on any atom is -0.481 e.